The molecule has 0 radical (unpaired) electrons. The lowest BCUT2D eigenvalue weighted by atomic mass is 10.1. The number of nitrogens with one attached hydrogen (secondary N) is 2. The molecule has 0 atom stereocenters. The molecule has 1 aliphatic rings. The van der Waals surface area contributed by atoms with E-state index in [4.69, 9.17) is 4.74 Å². The number of carbonyl (C=O) groups is 2. The summed E-state index contributed by atoms with van der Waals surface area (Å²) in [6.45, 7) is 1.38. The number of hydrogen-bond donors (Lipinski definition) is 2. The van der Waals surface area contributed by atoms with Crippen molar-refractivity contribution >= 4 is 34.1 Å². The lowest BCUT2D eigenvalue weighted by Crippen LogP contribution is -2.24. The molecule has 31 heavy (non-hydrogen) atoms. The third-order valence-electron chi connectivity index (χ3n) is 5.02. The van der Waals surface area contributed by atoms with Crippen LogP contribution in [0.5, 0.6) is 5.75 Å². The highest BCUT2D eigenvalue weighted by Crippen LogP contribution is 2.40. The summed E-state index contributed by atoms with van der Waals surface area (Å²) in [6.07, 6.45) is 2.93. The van der Waals surface area contributed by atoms with Crippen LogP contribution in [0.25, 0.3) is 10.9 Å². The van der Waals surface area contributed by atoms with Crippen molar-refractivity contribution in [1.29, 1.82) is 0 Å². The average molecular weight is 427 g/mol. The Kier molecular flexibility index (Phi) is 5.18. The van der Waals surface area contributed by atoms with E-state index < -0.39 is 23.0 Å². The fourth-order valence-electron chi connectivity index (χ4n) is 3.46. The number of rotatable bonds is 5. The van der Waals surface area contributed by atoms with E-state index in [0.717, 1.165) is 18.9 Å². The summed E-state index contributed by atoms with van der Waals surface area (Å²) in [7, 11) is 1.20. The number of ether oxygens (including phenoxy) is 1. The summed E-state index contributed by atoms with van der Waals surface area (Å²) in [5, 5.41) is 5.10. The minimum absolute atomic E-state index is 0.0367. The third-order valence-corrected chi connectivity index (χ3v) is 5.02. The number of aromatic nitrogens is 1. The normalized spacial score (nSPS) is 13.2. The Morgan fingerprint density at radius 2 is 1.71 bits per heavy atom. The first-order valence-corrected chi connectivity index (χ1v) is 9.60. The predicted molar refractivity (Wildman–Crippen MR) is 112 cm³/mol. The lowest BCUT2D eigenvalue weighted by Gasteiger charge is -2.16. The van der Waals surface area contributed by atoms with Crippen LogP contribution in [0.1, 0.15) is 36.2 Å². The van der Waals surface area contributed by atoms with E-state index >= 15 is 0 Å². The summed E-state index contributed by atoms with van der Waals surface area (Å²) in [5.74, 6) is -3.68. The van der Waals surface area contributed by atoms with Crippen molar-refractivity contribution in [2.75, 3.05) is 17.7 Å². The molecule has 0 bridgehead atoms. The maximum atomic E-state index is 14.3. The molecule has 3 aromatic rings. The highest BCUT2D eigenvalue weighted by Gasteiger charge is 2.30. The Balaban J connectivity index is 1.76. The van der Waals surface area contributed by atoms with Crippen molar-refractivity contribution in [2.45, 2.75) is 25.8 Å². The van der Waals surface area contributed by atoms with Gasteiger partial charge in [-0.2, -0.15) is 4.39 Å². The predicted octanol–water partition coefficient (Wildman–Crippen LogP) is 3.83. The Morgan fingerprint density at radius 1 is 1.10 bits per heavy atom. The molecule has 0 aliphatic heterocycles. The summed E-state index contributed by atoms with van der Waals surface area (Å²) in [4.78, 5) is 37.0. The number of carbonyl (C=O) groups excluding carboxylic acids is 2. The first-order valence-electron chi connectivity index (χ1n) is 9.60. The molecule has 4 rings (SSSR count). The fraction of sp³-hybridized carbons (Fsp3) is 0.227. The number of hydrogen-bond acceptors (Lipinski definition) is 4. The second kappa shape index (κ2) is 7.82. The molecule has 2 amide bonds. The number of methoxy groups -OCH3 is 1. The first kappa shape index (κ1) is 20.5. The largest absolute Gasteiger partial charge is 0.491 e. The smallest absolute Gasteiger partial charge is 0.261 e. The fourth-order valence-corrected chi connectivity index (χ4v) is 3.46. The topological polar surface area (TPSA) is 89.4 Å². The quantitative estimate of drug-likeness (QED) is 0.648. The van der Waals surface area contributed by atoms with Crippen molar-refractivity contribution in [2.24, 2.45) is 0 Å². The van der Waals surface area contributed by atoms with Crippen LogP contribution in [0.3, 0.4) is 0 Å². The van der Waals surface area contributed by atoms with E-state index in [0.29, 0.717) is 11.4 Å². The molecule has 1 aromatic heterocycles. The molecule has 2 aromatic carbocycles. The molecule has 0 saturated heterocycles. The Morgan fingerprint density at radius 3 is 2.26 bits per heavy atom. The van der Waals surface area contributed by atoms with Gasteiger partial charge in [-0.3, -0.25) is 14.4 Å². The summed E-state index contributed by atoms with van der Waals surface area (Å²) in [5.41, 5.74) is 0.163. The van der Waals surface area contributed by atoms with Crippen molar-refractivity contribution in [3.8, 4) is 5.75 Å². The van der Waals surface area contributed by atoms with Gasteiger partial charge in [0.05, 0.1) is 18.0 Å². The van der Waals surface area contributed by atoms with Gasteiger partial charge in [0, 0.05) is 30.5 Å². The molecule has 0 unspecified atom stereocenters. The molecule has 1 fully saturated rings. The maximum absolute atomic E-state index is 14.3. The monoisotopic (exact) mass is 427 g/mol. The van der Waals surface area contributed by atoms with E-state index in [1.54, 1.807) is 28.8 Å². The van der Waals surface area contributed by atoms with Crippen LogP contribution < -0.4 is 20.8 Å². The van der Waals surface area contributed by atoms with Crippen molar-refractivity contribution in [3.63, 3.8) is 0 Å². The Bertz CT molecular complexity index is 1260. The Labute approximate surface area is 175 Å². The molecule has 160 valence electrons. The molecule has 2 N–H and O–H groups in total. The lowest BCUT2D eigenvalue weighted by molar-refractivity contribution is -0.114. The van der Waals surface area contributed by atoms with Crippen LogP contribution in [0.15, 0.2) is 41.3 Å². The zero-order valence-electron chi connectivity index (χ0n) is 16.8. The van der Waals surface area contributed by atoms with E-state index in [2.05, 4.69) is 10.6 Å². The van der Waals surface area contributed by atoms with Crippen LogP contribution in [-0.2, 0) is 4.79 Å². The van der Waals surface area contributed by atoms with Gasteiger partial charge in [0.15, 0.2) is 11.6 Å². The minimum Gasteiger partial charge on any atom is -0.491 e. The molecule has 0 spiro atoms. The summed E-state index contributed by atoms with van der Waals surface area (Å²) < 4.78 is 35.0. The van der Waals surface area contributed by atoms with Crippen LogP contribution in [0.4, 0.5) is 20.2 Å². The van der Waals surface area contributed by atoms with Crippen molar-refractivity contribution in [3.05, 3.63) is 63.9 Å². The second-order valence-electron chi connectivity index (χ2n) is 7.32. The SMILES string of the molecule is COc1c(F)c(F)cc2c(=O)c(C(=O)Nc3ccc(NC(C)=O)cc3)cn(C3CC3)c12. The van der Waals surface area contributed by atoms with Gasteiger partial charge in [0.1, 0.15) is 5.56 Å². The zero-order chi connectivity index (χ0) is 22.3. The average Bonchev–Trinajstić information content (AvgIpc) is 3.56. The minimum atomic E-state index is -1.23. The van der Waals surface area contributed by atoms with E-state index in [-0.39, 0.29) is 34.2 Å². The number of pyridine rings is 1. The number of nitrogens with zero attached hydrogens (tertiary/aromatic N) is 1. The van der Waals surface area contributed by atoms with Crippen LogP contribution in [0, 0.1) is 11.6 Å². The van der Waals surface area contributed by atoms with Gasteiger partial charge in [0.25, 0.3) is 5.91 Å². The van der Waals surface area contributed by atoms with Crippen molar-refractivity contribution in [1.82, 2.24) is 4.57 Å². The van der Waals surface area contributed by atoms with Gasteiger partial charge >= 0.3 is 0 Å². The van der Waals surface area contributed by atoms with Crippen LogP contribution in [-0.4, -0.2) is 23.5 Å². The number of fused-ring (bicyclic) bond motifs is 1. The van der Waals surface area contributed by atoms with E-state index in [1.165, 1.54) is 20.2 Å². The van der Waals surface area contributed by atoms with Gasteiger partial charge in [-0.25, -0.2) is 4.39 Å². The van der Waals surface area contributed by atoms with E-state index in [9.17, 15) is 23.2 Å². The highest BCUT2D eigenvalue weighted by atomic mass is 19.2. The molecule has 1 aliphatic carbocycles. The second-order valence-corrected chi connectivity index (χ2v) is 7.32. The van der Waals surface area contributed by atoms with Crippen molar-refractivity contribution < 1.29 is 23.1 Å². The van der Waals surface area contributed by atoms with Gasteiger partial charge in [-0.1, -0.05) is 0 Å². The summed E-state index contributed by atoms with van der Waals surface area (Å²) in [6, 6.07) is 7.10. The Hall–Kier alpha value is -3.75. The molecular weight excluding hydrogens is 408 g/mol. The molecule has 1 saturated carbocycles. The van der Waals surface area contributed by atoms with E-state index in [1.807, 2.05) is 0 Å². The summed E-state index contributed by atoms with van der Waals surface area (Å²) >= 11 is 0. The standard InChI is InChI=1S/C22H19F2N3O4/c1-11(28)25-12-3-5-13(6-4-12)26-22(30)16-10-27(14-7-8-14)19-15(20(16)29)9-17(23)18(24)21(19)31-2/h3-6,9-10,14H,7-8H2,1-2H3,(H,25,28)(H,26,30). The van der Waals surface area contributed by atoms with Gasteiger partial charge in [-0.15, -0.1) is 0 Å². The van der Waals surface area contributed by atoms with Gasteiger partial charge in [-0.05, 0) is 43.2 Å². The first-order chi connectivity index (χ1) is 14.8. The maximum Gasteiger partial charge on any atom is 0.261 e. The molecule has 1 heterocycles. The zero-order valence-corrected chi connectivity index (χ0v) is 16.8. The molecule has 7 nitrogen and oxygen atoms in total. The van der Waals surface area contributed by atoms with Gasteiger partial charge in [0.2, 0.25) is 17.2 Å². The molecular formula is C22H19F2N3O4. The number of halogens is 2. The number of amides is 2. The number of benzene rings is 2. The third kappa shape index (κ3) is 3.86. The number of anilines is 2. The van der Waals surface area contributed by atoms with Crippen LogP contribution in [0.2, 0.25) is 0 Å². The van der Waals surface area contributed by atoms with Gasteiger partial charge < -0.3 is 19.9 Å². The molecule has 9 heteroatoms. The highest BCUT2D eigenvalue weighted by molar-refractivity contribution is 6.06. The van der Waals surface area contributed by atoms with Crippen LogP contribution >= 0.6 is 0 Å².